The lowest BCUT2D eigenvalue weighted by Crippen LogP contribution is -2.35. The minimum atomic E-state index is -0.0268. The minimum absolute atomic E-state index is 0.0268. The highest BCUT2D eigenvalue weighted by atomic mass is 16.2. The molecule has 17 heavy (non-hydrogen) atoms. The predicted molar refractivity (Wildman–Crippen MR) is 67.0 cm³/mol. The molecule has 0 saturated carbocycles. The fourth-order valence-corrected chi connectivity index (χ4v) is 2.07. The molecule has 0 aromatic carbocycles. The number of rotatable bonds is 2. The van der Waals surface area contributed by atoms with Crippen molar-refractivity contribution in [2.24, 2.45) is 0 Å². The van der Waals surface area contributed by atoms with E-state index >= 15 is 0 Å². The van der Waals surface area contributed by atoms with E-state index in [0.717, 1.165) is 38.0 Å². The first-order valence-electron chi connectivity index (χ1n) is 6.40. The van der Waals surface area contributed by atoms with Crippen molar-refractivity contribution >= 4 is 11.8 Å². The van der Waals surface area contributed by atoms with Crippen molar-refractivity contribution < 1.29 is 4.79 Å². The molecule has 2 N–H and O–H groups in total. The number of hydrogen-bond acceptors (Lipinski definition) is 2. The van der Waals surface area contributed by atoms with Gasteiger partial charge in [0.2, 0.25) is 0 Å². The Morgan fingerprint density at radius 2 is 2.12 bits per heavy atom. The van der Waals surface area contributed by atoms with Crippen molar-refractivity contribution in [2.75, 3.05) is 18.4 Å². The molecule has 1 aliphatic rings. The van der Waals surface area contributed by atoms with Gasteiger partial charge in [0.1, 0.15) is 0 Å². The normalized spacial score (nSPS) is 16.6. The van der Waals surface area contributed by atoms with Crippen LogP contribution in [0.3, 0.4) is 0 Å². The van der Waals surface area contributed by atoms with Crippen molar-refractivity contribution in [3.63, 3.8) is 0 Å². The monoisotopic (exact) mass is 236 g/mol. The molecule has 0 bridgehead atoms. The van der Waals surface area contributed by atoms with Crippen molar-refractivity contribution in [3.05, 3.63) is 11.8 Å². The molecule has 1 aromatic heterocycles. The lowest BCUT2D eigenvalue weighted by atomic mass is 10.2. The van der Waals surface area contributed by atoms with Gasteiger partial charge in [-0.05, 0) is 19.3 Å². The van der Waals surface area contributed by atoms with E-state index in [-0.39, 0.29) is 6.03 Å². The molecule has 1 aromatic rings. The van der Waals surface area contributed by atoms with Gasteiger partial charge < -0.3 is 4.90 Å². The molecule has 0 spiro atoms. The van der Waals surface area contributed by atoms with E-state index in [0.29, 0.717) is 5.82 Å². The Hall–Kier alpha value is -1.52. The van der Waals surface area contributed by atoms with Gasteiger partial charge in [0.05, 0.1) is 0 Å². The van der Waals surface area contributed by atoms with Crippen LogP contribution in [0.1, 0.15) is 38.3 Å². The second kappa shape index (κ2) is 5.70. The van der Waals surface area contributed by atoms with Crippen molar-refractivity contribution in [3.8, 4) is 0 Å². The minimum Gasteiger partial charge on any atom is -0.325 e. The summed E-state index contributed by atoms with van der Waals surface area (Å²) >= 11 is 0. The third-order valence-electron chi connectivity index (χ3n) is 3.14. The number of anilines is 1. The summed E-state index contributed by atoms with van der Waals surface area (Å²) in [6, 6.07) is 1.86. The fraction of sp³-hybridized carbons (Fsp3) is 0.667. The molecule has 0 radical (unpaired) electrons. The maximum Gasteiger partial charge on any atom is 0.323 e. The van der Waals surface area contributed by atoms with Gasteiger partial charge in [-0.2, -0.15) is 5.10 Å². The number of likely N-dealkylation sites (tertiary alicyclic amines) is 1. The maximum atomic E-state index is 12.0. The lowest BCUT2D eigenvalue weighted by molar-refractivity contribution is 0.213. The number of aryl methyl sites for hydroxylation is 1. The first-order valence-corrected chi connectivity index (χ1v) is 6.40. The summed E-state index contributed by atoms with van der Waals surface area (Å²) in [6.07, 6.45) is 5.56. The van der Waals surface area contributed by atoms with Gasteiger partial charge in [-0.1, -0.05) is 19.8 Å². The summed E-state index contributed by atoms with van der Waals surface area (Å²) in [7, 11) is 0. The van der Waals surface area contributed by atoms with Gasteiger partial charge in [0.15, 0.2) is 5.82 Å². The second-order valence-electron chi connectivity index (χ2n) is 4.46. The molecule has 1 aliphatic heterocycles. The third-order valence-corrected chi connectivity index (χ3v) is 3.14. The molecule has 5 nitrogen and oxygen atoms in total. The lowest BCUT2D eigenvalue weighted by Gasteiger charge is -2.19. The first kappa shape index (κ1) is 12.0. The molecular formula is C12H20N4O. The summed E-state index contributed by atoms with van der Waals surface area (Å²) in [5.41, 5.74) is 1.04. The molecule has 0 aliphatic carbocycles. The number of carbonyl (C=O) groups is 1. The Balaban J connectivity index is 1.90. The number of nitrogens with zero attached hydrogens (tertiary/aromatic N) is 2. The van der Waals surface area contributed by atoms with Crippen LogP contribution >= 0.6 is 0 Å². The van der Waals surface area contributed by atoms with Gasteiger partial charge in [-0.3, -0.25) is 10.4 Å². The second-order valence-corrected chi connectivity index (χ2v) is 4.46. The summed E-state index contributed by atoms with van der Waals surface area (Å²) in [4.78, 5) is 13.9. The van der Waals surface area contributed by atoms with E-state index in [9.17, 15) is 4.79 Å². The Morgan fingerprint density at radius 1 is 1.41 bits per heavy atom. The molecule has 0 atom stereocenters. The largest absolute Gasteiger partial charge is 0.325 e. The number of hydrogen-bond donors (Lipinski definition) is 2. The molecule has 5 heteroatoms. The number of nitrogens with one attached hydrogen (secondary N) is 2. The van der Waals surface area contributed by atoms with Gasteiger partial charge >= 0.3 is 6.03 Å². The van der Waals surface area contributed by atoms with Crippen LogP contribution in [-0.4, -0.2) is 34.2 Å². The number of carbonyl (C=O) groups excluding carboxylic acids is 1. The zero-order chi connectivity index (χ0) is 12.1. The Kier molecular flexibility index (Phi) is 4.01. The van der Waals surface area contributed by atoms with Crippen molar-refractivity contribution in [2.45, 2.75) is 39.0 Å². The summed E-state index contributed by atoms with van der Waals surface area (Å²) in [5, 5.41) is 9.79. The van der Waals surface area contributed by atoms with Gasteiger partial charge in [0.25, 0.3) is 0 Å². The van der Waals surface area contributed by atoms with Crippen LogP contribution in [0.4, 0.5) is 10.6 Å². The van der Waals surface area contributed by atoms with E-state index in [2.05, 4.69) is 15.5 Å². The highest BCUT2D eigenvalue weighted by molar-refractivity contribution is 5.88. The van der Waals surface area contributed by atoms with Crippen LogP contribution < -0.4 is 5.32 Å². The standard InChI is InChI=1S/C12H20N4O/c1-2-10-9-11(15-14-10)13-12(17)16-7-5-3-4-6-8-16/h9H,2-8H2,1H3,(H2,13,14,15,17). The number of amides is 2. The quantitative estimate of drug-likeness (QED) is 0.828. The number of urea groups is 1. The van der Waals surface area contributed by atoms with Crippen LogP contribution in [0, 0.1) is 0 Å². The molecular weight excluding hydrogens is 216 g/mol. The molecule has 0 unspecified atom stereocenters. The van der Waals surface area contributed by atoms with Crippen LogP contribution in [0.5, 0.6) is 0 Å². The topological polar surface area (TPSA) is 61.0 Å². The average molecular weight is 236 g/mol. The first-order chi connectivity index (χ1) is 8.29. The third kappa shape index (κ3) is 3.22. The summed E-state index contributed by atoms with van der Waals surface area (Å²) in [5.74, 6) is 0.621. The molecule has 2 amide bonds. The van der Waals surface area contributed by atoms with E-state index in [1.807, 2.05) is 17.9 Å². The van der Waals surface area contributed by atoms with E-state index in [1.165, 1.54) is 12.8 Å². The van der Waals surface area contributed by atoms with E-state index < -0.39 is 0 Å². The zero-order valence-corrected chi connectivity index (χ0v) is 10.3. The zero-order valence-electron chi connectivity index (χ0n) is 10.3. The van der Waals surface area contributed by atoms with Crippen molar-refractivity contribution in [1.82, 2.24) is 15.1 Å². The average Bonchev–Trinajstić information content (AvgIpc) is 2.62. The van der Waals surface area contributed by atoms with Crippen LogP contribution in [-0.2, 0) is 6.42 Å². The Labute approximate surface area is 102 Å². The van der Waals surface area contributed by atoms with Gasteiger partial charge in [-0.25, -0.2) is 4.79 Å². The molecule has 1 saturated heterocycles. The highest BCUT2D eigenvalue weighted by Crippen LogP contribution is 2.12. The van der Waals surface area contributed by atoms with Gasteiger partial charge in [0, 0.05) is 24.8 Å². The molecule has 2 heterocycles. The van der Waals surface area contributed by atoms with E-state index in [1.54, 1.807) is 0 Å². The van der Waals surface area contributed by atoms with E-state index in [4.69, 9.17) is 0 Å². The van der Waals surface area contributed by atoms with Crippen LogP contribution in [0.2, 0.25) is 0 Å². The van der Waals surface area contributed by atoms with Gasteiger partial charge in [-0.15, -0.1) is 0 Å². The Morgan fingerprint density at radius 3 is 2.71 bits per heavy atom. The number of aromatic amines is 1. The smallest absolute Gasteiger partial charge is 0.323 e. The van der Waals surface area contributed by atoms with Crippen LogP contribution in [0.15, 0.2) is 6.07 Å². The SMILES string of the molecule is CCc1cc(NC(=O)N2CCCCCC2)n[nH]1. The van der Waals surface area contributed by atoms with Crippen LogP contribution in [0.25, 0.3) is 0 Å². The number of aromatic nitrogens is 2. The molecule has 2 rings (SSSR count). The highest BCUT2D eigenvalue weighted by Gasteiger charge is 2.16. The molecule has 1 fully saturated rings. The fourth-order valence-electron chi connectivity index (χ4n) is 2.07. The number of H-pyrrole nitrogens is 1. The predicted octanol–water partition coefficient (Wildman–Crippen LogP) is 2.38. The van der Waals surface area contributed by atoms with Crippen molar-refractivity contribution in [1.29, 1.82) is 0 Å². The maximum absolute atomic E-state index is 12.0. The molecule has 94 valence electrons. The summed E-state index contributed by atoms with van der Waals surface area (Å²) < 4.78 is 0. The Bertz CT molecular complexity index is 366. The summed E-state index contributed by atoms with van der Waals surface area (Å²) in [6.45, 7) is 3.77.